The highest BCUT2D eigenvalue weighted by Gasteiger charge is 2.25. The van der Waals surface area contributed by atoms with Crippen LogP contribution in [-0.2, 0) is 14.3 Å². The van der Waals surface area contributed by atoms with Crippen LogP contribution in [0.1, 0.15) is 6.42 Å². The summed E-state index contributed by atoms with van der Waals surface area (Å²) in [5.74, 6) is -0.0641. The zero-order valence-electron chi connectivity index (χ0n) is 11.8. The van der Waals surface area contributed by atoms with Crippen LogP contribution >= 0.6 is 11.6 Å². The molecular formula is C15H19ClN2O3. The van der Waals surface area contributed by atoms with Crippen LogP contribution in [0.4, 0.5) is 11.4 Å². The second-order valence-electron chi connectivity index (χ2n) is 5.31. The maximum atomic E-state index is 12.3. The molecule has 0 radical (unpaired) electrons. The highest BCUT2D eigenvalue weighted by Crippen LogP contribution is 2.30. The first kappa shape index (κ1) is 14.6. The minimum Gasteiger partial charge on any atom is -0.381 e. The number of nitrogens with one attached hydrogen (secondary N) is 1. The van der Waals surface area contributed by atoms with E-state index in [0.717, 1.165) is 30.9 Å². The molecule has 2 saturated heterocycles. The number of benzene rings is 1. The van der Waals surface area contributed by atoms with Gasteiger partial charge in [0.1, 0.15) is 0 Å². The van der Waals surface area contributed by atoms with E-state index in [-0.39, 0.29) is 11.8 Å². The molecular weight excluding hydrogens is 292 g/mol. The van der Waals surface area contributed by atoms with Crippen molar-refractivity contribution in [2.24, 2.45) is 5.92 Å². The van der Waals surface area contributed by atoms with Crippen LogP contribution in [0.2, 0.25) is 5.02 Å². The number of nitrogens with zero attached hydrogens (tertiary/aromatic N) is 1. The summed E-state index contributed by atoms with van der Waals surface area (Å²) in [4.78, 5) is 14.5. The number of carbonyl (C=O) groups excluding carboxylic acids is 1. The smallest absolute Gasteiger partial charge is 0.229 e. The van der Waals surface area contributed by atoms with Gasteiger partial charge in [0.05, 0.1) is 37.1 Å². The standard InChI is InChI=1S/C15H19ClN2O3/c16-12-1-2-14(18-4-7-20-8-5-18)13(9-12)17-15(19)11-3-6-21-10-11/h1-2,9,11H,3-8,10H2,(H,17,19). The molecule has 114 valence electrons. The Morgan fingerprint density at radius 3 is 2.76 bits per heavy atom. The maximum Gasteiger partial charge on any atom is 0.229 e. The second kappa shape index (κ2) is 6.64. The highest BCUT2D eigenvalue weighted by atomic mass is 35.5. The number of amides is 1. The lowest BCUT2D eigenvalue weighted by Gasteiger charge is -2.30. The quantitative estimate of drug-likeness (QED) is 0.929. The van der Waals surface area contributed by atoms with Crippen molar-refractivity contribution in [2.75, 3.05) is 49.7 Å². The molecule has 2 fully saturated rings. The molecule has 0 bridgehead atoms. The molecule has 1 atom stereocenters. The van der Waals surface area contributed by atoms with Crippen molar-refractivity contribution in [3.8, 4) is 0 Å². The van der Waals surface area contributed by atoms with Crippen molar-refractivity contribution in [3.63, 3.8) is 0 Å². The van der Waals surface area contributed by atoms with Gasteiger partial charge in [-0.2, -0.15) is 0 Å². The summed E-state index contributed by atoms with van der Waals surface area (Å²) in [6, 6.07) is 5.61. The molecule has 0 spiro atoms. The number of morpholine rings is 1. The molecule has 2 heterocycles. The molecule has 3 rings (SSSR count). The lowest BCUT2D eigenvalue weighted by atomic mass is 10.1. The molecule has 0 aromatic heterocycles. The van der Waals surface area contributed by atoms with Gasteiger partial charge in [-0.1, -0.05) is 11.6 Å². The molecule has 0 saturated carbocycles. The van der Waals surface area contributed by atoms with E-state index in [9.17, 15) is 4.79 Å². The highest BCUT2D eigenvalue weighted by molar-refractivity contribution is 6.31. The van der Waals surface area contributed by atoms with Gasteiger partial charge in [-0.15, -0.1) is 0 Å². The van der Waals surface area contributed by atoms with Crippen LogP contribution in [-0.4, -0.2) is 45.4 Å². The molecule has 6 heteroatoms. The Bertz CT molecular complexity index is 512. The number of hydrogen-bond acceptors (Lipinski definition) is 4. The fraction of sp³-hybridized carbons (Fsp3) is 0.533. The van der Waals surface area contributed by atoms with E-state index in [4.69, 9.17) is 21.1 Å². The third kappa shape index (κ3) is 3.48. The summed E-state index contributed by atoms with van der Waals surface area (Å²) in [6.07, 6.45) is 0.777. The van der Waals surface area contributed by atoms with Crippen LogP contribution < -0.4 is 10.2 Å². The third-order valence-electron chi connectivity index (χ3n) is 3.87. The molecule has 1 N–H and O–H groups in total. The second-order valence-corrected chi connectivity index (χ2v) is 5.75. The largest absolute Gasteiger partial charge is 0.381 e. The molecule has 1 unspecified atom stereocenters. The number of rotatable bonds is 3. The van der Waals surface area contributed by atoms with Crippen molar-refractivity contribution < 1.29 is 14.3 Å². The van der Waals surface area contributed by atoms with Crippen LogP contribution in [0, 0.1) is 5.92 Å². The number of ether oxygens (including phenoxy) is 2. The van der Waals surface area contributed by atoms with E-state index in [2.05, 4.69) is 10.2 Å². The monoisotopic (exact) mass is 310 g/mol. The van der Waals surface area contributed by atoms with Crippen molar-refractivity contribution in [1.29, 1.82) is 0 Å². The van der Waals surface area contributed by atoms with Crippen molar-refractivity contribution in [3.05, 3.63) is 23.2 Å². The Balaban J connectivity index is 1.78. The summed E-state index contributed by atoms with van der Waals surface area (Å²) in [5.41, 5.74) is 1.76. The van der Waals surface area contributed by atoms with Crippen LogP contribution in [0.3, 0.4) is 0 Å². The SMILES string of the molecule is O=C(Nc1cc(Cl)ccc1N1CCOCC1)C1CCOC1. The van der Waals surface area contributed by atoms with E-state index in [1.54, 1.807) is 6.07 Å². The van der Waals surface area contributed by atoms with Crippen molar-refractivity contribution in [2.45, 2.75) is 6.42 Å². The predicted molar refractivity (Wildman–Crippen MR) is 82.0 cm³/mol. The zero-order valence-corrected chi connectivity index (χ0v) is 12.6. The van der Waals surface area contributed by atoms with E-state index in [0.29, 0.717) is 31.5 Å². The summed E-state index contributed by atoms with van der Waals surface area (Å²) in [7, 11) is 0. The predicted octanol–water partition coefficient (Wildman–Crippen LogP) is 2.15. The minimum atomic E-state index is -0.0680. The first-order chi connectivity index (χ1) is 10.2. The van der Waals surface area contributed by atoms with Gasteiger partial charge >= 0.3 is 0 Å². The van der Waals surface area contributed by atoms with Gasteiger partial charge < -0.3 is 19.7 Å². The molecule has 0 aliphatic carbocycles. The maximum absolute atomic E-state index is 12.3. The first-order valence-electron chi connectivity index (χ1n) is 7.25. The summed E-state index contributed by atoms with van der Waals surface area (Å²) in [6.45, 7) is 4.19. The summed E-state index contributed by atoms with van der Waals surface area (Å²) in [5, 5.41) is 3.62. The number of anilines is 2. The van der Waals surface area contributed by atoms with Crippen LogP contribution in [0.25, 0.3) is 0 Å². The summed E-state index contributed by atoms with van der Waals surface area (Å²) < 4.78 is 10.6. The topological polar surface area (TPSA) is 50.8 Å². The normalized spacial score (nSPS) is 22.3. The molecule has 21 heavy (non-hydrogen) atoms. The molecule has 5 nitrogen and oxygen atoms in total. The molecule has 1 amide bonds. The van der Waals surface area contributed by atoms with Gasteiger partial charge in [-0.3, -0.25) is 4.79 Å². The third-order valence-corrected chi connectivity index (χ3v) is 4.10. The van der Waals surface area contributed by atoms with E-state index < -0.39 is 0 Å². The number of carbonyl (C=O) groups is 1. The van der Waals surface area contributed by atoms with E-state index in [1.165, 1.54) is 0 Å². The molecule has 1 aromatic carbocycles. The Morgan fingerprint density at radius 2 is 2.05 bits per heavy atom. The average Bonchev–Trinajstić information content (AvgIpc) is 3.03. The van der Waals surface area contributed by atoms with Gasteiger partial charge in [-0.05, 0) is 24.6 Å². The van der Waals surface area contributed by atoms with Crippen molar-refractivity contribution in [1.82, 2.24) is 0 Å². The van der Waals surface area contributed by atoms with E-state index in [1.807, 2.05) is 12.1 Å². The Hall–Kier alpha value is -1.30. The van der Waals surface area contributed by atoms with Gasteiger partial charge in [-0.25, -0.2) is 0 Å². The van der Waals surface area contributed by atoms with Gasteiger partial charge in [0.2, 0.25) is 5.91 Å². The lowest BCUT2D eigenvalue weighted by molar-refractivity contribution is -0.119. The average molecular weight is 311 g/mol. The fourth-order valence-corrected chi connectivity index (χ4v) is 2.84. The van der Waals surface area contributed by atoms with E-state index >= 15 is 0 Å². The van der Waals surface area contributed by atoms with Gasteiger partial charge in [0.15, 0.2) is 0 Å². The van der Waals surface area contributed by atoms with Crippen molar-refractivity contribution >= 4 is 28.9 Å². The lowest BCUT2D eigenvalue weighted by Crippen LogP contribution is -2.37. The van der Waals surface area contributed by atoms with Gasteiger partial charge in [0, 0.05) is 24.7 Å². The van der Waals surface area contributed by atoms with Crippen LogP contribution in [0.15, 0.2) is 18.2 Å². The Morgan fingerprint density at radius 1 is 1.24 bits per heavy atom. The fourth-order valence-electron chi connectivity index (χ4n) is 2.66. The first-order valence-corrected chi connectivity index (χ1v) is 7.63. The number of hydrogen-bond donors (Lipinski definition) is 1. The summed E-state index contributed by atoms with van der Waals surface area (Å²) >= 11 is 6.08. The Labute approximate surface area is 129 Å². The molecule has 1 aromatic rings. The number of halogens is 1. The Kier molecular flexibility index (Phi) is 4.63. The van der Waals surface area contributed by atoms with Gasteiger partial charge in [0.25, 0.3) is 0 Å². The molecule has 2 aliphatic heterocycles. The zero-order chi connectivity index (χ0) is 14.7. The minimum absolute atomic E-state index is 0.00396. The van der Waals surface area contributed by atoms with Crippen LogP contribution in [0.5, 0.6) is 0 Å². The molecule has 2 aliphatic rings.